The van der Waals surface area contributed by atoms with E-state index in [9.17, 15) is 5.11 Å². The van der Waals surface area contributed by atoms with Crippen molar-refractivity contribution in [3.8, 4) is 0 Å². The number of aliphatic hydroxyl groups is 1. The van der Waals surface area contributed by atoms with Gasteiger partial charge in [-0.3, -0.25) is 4.90 Å². The Kier molecular flexibility index (Phi) is 6.28. The van der Waals surface area contributed by atoms with Crippen molar-refractivity contribution >= 4 is 0 Å². The number of nitrogens with zero attached hydrogens (tertiary/aromatic N) is 1. The molecule has 0 aliphatic heterocycles. The highest BCUT2D eigenvalue weighted by Gasteiger charge is 2.25. The number of aliphatic hydroxyl groups excluding tert-OH is 1. The van der Waals surface area contributed by atoms with Crippen molar-refractivity contribution in [1.82, 2.24) is 4.90 Å². The Hall–Kier alpha value is -0.160. The fraction of sp³-hybridized carbons (Fsp3) is 1.00. The Labute approximate surface area is 98.8 Å². The van der Waals surface area contributed by atoms with Gasteiger partial charge in [0.15, 0.2) is 0 Å². The summed E-state index contributed by atoms with van der Waals surface area (Å²) in [6, 6.07) is -0.0954. The molecular formula is C12H26N2O2. The van der Waals surface area contributed by atoms with Crippen LogP contribution in [0, 0.1) is 5.92 Å². The molecule has 0 radical (unpaired) electrons. The van der Waals surface area contributed by atoms with Crippen LogP contribution in [-0.4, -0.2) is 56.0 Å². The molecule has 0 aromatic heterocycles. The van der Waals surface area contributed by atoms with E-state index in [4.69, 9.17) is 10.5 Å². The van der Waals surface area contributed by atoms with E-state index in [1.165, 1.54) is 25.7 Å². The number of nitrogens with two attached hydrogens (primary N) is 1. The second-order valence-electron chi connectivity index (χ2n) is 4.96. The number of rotatable bonds is 7. The third-order valence-corrected chi connectivity index (χ3v) is 3.63. The first-order valence-corrected chi connectivity index (χ1v) is 6.24. The van der Waals surface area contributed by atoms with Gasteiger partial charge in [-0.05, 0) is 25.8 Å². The van der Waals surface area contributed by atoms with Gasteiger partial charge in [0.1, 0.15) is 0 Å². The molecule has 1 aliphatic rings. The molecule has 96 valence electrons. The van der Waals surface area contributed by atoms with Crippen LogP contribution in [0.5, 0.6) is 0 Å². The largest absolute Gasteiger partial charge is 0.395 e. The van der Waals surface area contributed by atoms with Gasteiger partial charge in [0.25, 0.3) is 0 Å². The monoisotopic (exact) mass is 230 g/mol. The molecule has 0 amide bonds. The first-order valence-electron chi connectivity index (χ1n) is 6.24. The molecule has 16 heavy (non-hydrogen) atoms. The summed E-state index contributed by atoms with van der Waals surface area (Å²) in [5.74, 6) is 0.786. The Morgan fingerprint density at radius 3 is 2.56 bits per heavy atom. The van der Waals surface area contributed by atoms with Crippen molar-refractivity contribution in [2.24, 2.45) is 11.7 Å². The molecule has 1 fully saturated rings. The van der Waals surface area contributed by atoms with Crippen LogP contribution in [0.2, 0.25) is 0 Å². The predicted molar refractivity (Wildman–Crippen MR) is 65.3 cm³/mol. The summed E-state index contributed by atoms with van der Waals surface area (Å²) in [6.07, 6.45) is 5.35. The Balaban J connectivity index is 2.37. The van der Waals surface area contributed by atoms with Crippen LogP contribution < -0.4 is 5.73 Å². The van der Waals surface area contributed by atoms with E-state index in [1.54, 1.807) is 7.11 Å². The summed E-state index contributed by atoms with van der Waals surface area (Å²) in [5.41, 5.74) is 5.99. The Morgan fingerprint density at radius 1 is 1.44 bits per heavy atom. The minimum absolute atomic E-state index is 0.0144. The zero-order valence-electron chi connectivity index (χ0n) is 10.6. The molecule has 1 saturated carbocycles. The van der Waals surface area contributed by atoms with E-state index in [0.29, 0.717) is 6.61 Å². The molecule has 2 atom stereocenters. The normalized spacial score (nSPS) is 21.6. The number of ether oxygens (including phenoxy) is 1. The summed E-state index contributed by atoms with van der Waals surface area (Å²) in [5, 5.41) is 9.39. The Bertz CT molecular complexity index is 184. The summed E-state index contributed by atoms with van der Waals surface area (Å²) < 4.78 is 5.04. The fourth-order valence-electron chi connectivity index (χ4n) is 2.64. The lowest BCUT2D eigenvalue weighted by Crippen LogP contribution is -2.51. The van der Waals surface area contributed by atoms with E-state index in [0.717, 1.165) is 12.5 Å². The first kappa shape index (κ1) is 13.9. The smallest absolute Gasteiger partial charge is 0.0629 e. The van der Waals surface area contributed by atoms with E-state index >= 15 is 0 Å². The second kappa shape index (κ2) is 7.22. The number of likely N-dealkylation sites (N-methyl/N-ethyl adjacent to an activating group) is 1. The van der Waals surface area contributed by atoms with Crippen LogP contribution >= 0.6 is 0 Å². The van der Waals surface area contributed by atoms with Crippen LogP contribution in [0.3, 0.4) is 0 Å². The zero-order chi connectivity index (χ0) is 12.0. The van der Waals surface area contributed by atoms with Gasteiger partial charge in [-0.2, -0.15) is 0 Å². The molecule has 0 saturated heterocycles. The number of hydrogen-bond acceptors (Lipinski definition) is 4. The van der Waals surface area contributed by atoms with Gasteiger partial charge in [0, 0.05) is 25.7 Å². The topological polar surface area (TPSA) is 58.7 Å². The van der Waals surface area contributed by atoms with E-state index in [1.807, 2.05) is 0 Å². The van der Waals surface area contributed by atoms with Gasteiger partial charge in [0.05, 0.1) is 13.2 Å². The van der Waals surface area contributed by atoms with E-state index < -0.39 is 0 Å². The Morgan fingerprint density at radius 2 is 2.06 bits per heavy atom. The highest BCUT2D eigenvalue weighted by atomic mass is 16.5. The van der Waals surface area contributed by atoms with Crippen molar-refractivity contribution in [2.75, 3.05) is 33.9 Å². The number of methoxy groups -OCH3 is 1. The summed E-state index contributed by atoms with van der Waals surface area (Å²) in [6.45, 7) is 1.65. The molecule has 0 aromatic rings. The molecule has 1 aliphatic carbocycles. The van der Waals surface area contributed by atoms with Crippen molar-refractivity contribution in [1.29, 1.82) is 0 Å². The van der Waals surface area contributed by atoms with Crippen molar-refractivity contribution in [2.45, 2.75) is 37.8 Å². The predicted octanol–water partition coefficient (Wildman–Crippen LogP) is 0.443. The van der Waals surface area contributed by atoms with E-state index in [-0.39, 0.29) is 18.7 Å². The van der Waals surface area contributed by atoms with E-state index in [2.05, 4.69) is 11.9 Å². The van der Waals surface area contributed by atoms with Crippen LogP contribution in [0.1, 0.15) is 25.7 Å². The molecule has 4 nitrogen and oxygen atoms in total. The summed E-state index contributed by atoms with van der Waals surface area (Å²) in [7, 11) is 3.69. The molecule has 0 bridgehead atoms. The summed E-state index contributed by atoms with van der Waals surface area (Å²) in [4.78, 5) is 2.19. The maximum Gasteiger partial charge on any atom is 0.0629 e. The SMILES string of the molecule is COCC(N)C(CO)N(C)CC1CCCC1. The van der Waals surface area contributed by atoms with Crippen LogP contribution in [0.4, 0.5) is 0 Å². The molecule has 4 heteroatoms. The molecule has 1 rings (SSSR count). The summed E-state index contributed by atoms with van der Waals surface area (Å²) >= 11 is 0. The lowest BCUT2D eigenvalue weighted by atomic mass is 10.0. The lowest BCUT2D eigenvalue weighted by molar-refractivity contribution is 0.0771. The van der Waals surface area contributed by atoms with Crippen molar-refractivity contribution in [3.05, 3.63) is 0 Å². The van der Waals surface area contributed by atoms with Gasteiger partial charge in [-0.1, -0.05) is 12.8 Å². The van der Waals surface area contributed by atoms with Gasteiger partial charge >= 0.3 is 0 Å². The average molecular weight is 230 g/mol. The van der Waals surface area contributed by atoms with Gasteiger partial charge in [-0.25, -0.2) is 0 Å². The molecule has 2 unspecified atom stereocenters. The van der Waals surface area contributed by atoms with Gasteiger partial charge in [-0.15, -0.1) is 0 Å². The van der Waals surface area contributed by atoms with Crippen LogP contribution in [-0.2, 0) is 4.74 Å². The highest BCUT2D eigenvalue weighted by Crippen LogP contribution is 2.25. The maximum absolute atomic E-state index is 9.39. The van der Waals surface area contributed by atoms with Crippen LogP contribution in [0.25, 0.3) is 0 Å². The van der Waals surface area contributed by atoms with Crippen LogP contribution in [0.15, 0.2) is 0 Å². The molecule has 3 N–H and O–H groups in total. The van der Waals surface area contributed by atoms with Crippen molar-refractivity contribution < 1.29 is 9.84 Å². The minimum atomic E-state index is -0.110. The fourth-order valence-corrected chi connectivity index (χ4v) is 2.64. The lowest BCUT2D eigenvalue weighted by Gasteiger charge is -2.32. The third kappa shape index (κ3) is 4.01. The maximum atomic E-state index is 9.39. The quantitative estimate of drug-likeness (QED) is 0.666. The minimum Gasteiger partial charge on any atom is -0.395 e. The zero-order valence-corrected chi connectivity index (χ0v) is 10.6. The standard InChI is InChI=1S/C12H26N2O2/c1-14(7-10-5-3-4-6-10)12(8-15)11(13)9-16-2/h10-12,15H,3-9,13H2,1-2H3. The molecule has 0 aromatic carbocycles. The molecule has 0 spiro atoms. The molecule has 0 heterocycles. The number of hydrogen-bond donors (Lipinski definition) is 2. The molecular weight excluding hydrogens is 204 g/mol. The highest BCUT2D eigenvalue weighted by molar-refractivity contribution is 4.82. The van der Waals surface area contributed by atoms with Crippen molar-refractivity contribution in [3.63, 3.8) is 0 Å². The van der Waals surface area contributed by atoms with Gasteiger partial charge in [0.2, 0.25) is 0 Å². The third-order valence-electron chi connectivity index (χ3n) is 3.63. The average Bonchev–Trinajstić information content (AvgIpc) is 2.71. The first-order chi connectivity index (χ1) is 7.69. The van der Waals surface area contributed by atoms with Gasteiger partial charge < -0.3 is 15.6 Å². The second-order valence-corrected chi connectivity index (χ2v) is 4.96.